The first-order chi connectivity index (χ1) is 9.61. The van der Waals surface area contributed by atoms with E-state index in [1.165, 1.54) is 12.1 Å². The molecule has 2 atom stereocenters. The van der Waals surface area contributed by atoms with Crippen LogP contribution in [0.2, 0.25) is 0 Å². The molecule has 20 heavy (non-hydrogen) atoms. The first kappa shape index (κ1) is 14.2. The van der Waals surface area contributed by atoms with Crippen LogP contribution in [-0.4, -0.2) is 15.8 Å². The van der Waals surface area contributed by atoms with Crippen LogP contribution in [0.4, 0.5) is 4.39 Å². The van der Waals surface area contributed by atoms with Gasteiger partial charge in [-0.15, -0.1) is 0 Å². The maximum absolute atomic E-state index is 13.7. The molecule has 0 saturated heterocycles. The number of aromatic nitrogens is 2. The van der Waals surface area contributed by atoms with Gasteiger partial charge in [-0.05, 0) is 38.1 Å². The van der Waals surface area contributed by atoms with Gasteiger partial charge >= 0.3 is 0 Å². The number of nitrogens with zero attached hydrogens (tertiary/aromatic N) is 3. The minimum atomic E-state index is -0.296. The van der Waals surface area contributed by atoms with Crippen LogP contribution in [0.1, 0.15) is 31.0 Å². The van der Waals surface area contributed by atoms with Crippen molar-refractivity contribution in [3.8, 4) is 6.07 Å². The first-order valence-corrected chi connectivity index (χ1v) is 6.53. The zero-order valence-corrected chi connectivity index (χ0v) is 11.5. The van der Waals surface area contributed by atoms with Crippen LogP contribution >= 0.6 is 0 Å². The molecule has 0 radical (unpaired) electrons. The lowest BCUT2D eigenvalue weighted by Gasteiger charge is -2.22. The van der Waals surface area contributed by atoms with Gasteiger partial charge in [0.1, 0.15) is 5.82 Å². The number of rotatable bonds is 5. The summed E-state index contributed by atoms with van der Waals surface area (Å²) in [5, 5.41) is 16.3. The second-order valence-electron chi connectivity index (χ2n) is 4.81. The van der Waals surface area contributed by atoms with Crippen molar-refractivity contribution in [2.24, 2.45) is 0 Å². The van der Waals surface area contributed by atoms with Crippen LogP contribution in [-0.2, 0) is 6.54 Å². The minimum Gasteiger partial charge on any atom is -0.308 e. The normalized spacial score (nSPS) is 13.7. The number of benzene rings is 1. The summed E-state index contributed by atoms with van der Waals surface area (Å²) in [6.45, 7) is 4.46. The fraction of sp³-hybridized carbons (Fsp3) is 0.333. The second kappa shape index (κ2) is 6.31. The molecule has 0 fully saturated rings. The van der Waals surface area contributed by atoms with Crippen molar-refractivity contribution in [1.29, 1.82) is 5.26 Å². The Kier molecular flexibility index (Phi) is 4.49. The lowest BCUT2D eigenvalue weighted by Crippen LogP contribution is -2.33. The van der Waals surface area contributed by atoms with Crippen molar-refractivity contribution in [2.45, 2.75) is 32.5 Å². The van der Waals surface area contributed by atoms with Crippen molar-refractivity contribution in [1.82, 2.24) is 15.1 Å². The number of hydrogen-bond acceptors (Lipinski definition) is 3. The zero-order chi connectivity index (χ0) is 14.5. The average molecular weight is 272 g/mol. The summed E-state index contributed by atoms with van der Waals surface area (Å²) < 4.78 is 15.5. The average Bonchev–Trinajstić information content (AvgIpc) is 2.99. The highest BCUT2D eigenvalue weighted by atomic mass is 19.1. The molecule has 5 heteroatoms. The van der Waals surface area contributed by atoms with Gasteiger partial charge in [0.05, 0.1) is 17.7 Å². The standard InChI is InChI=1S/C15H17FN4/c1-11(12(2)20-7-3-6-19-20)18-10-14-8-13(9-17)4-5-15(14)16/h3-8,11-12,18H,10H2,1-2H3/t11-,12+/m1/s1. The van der Waals surface area contributed by atoms with Gasteiger partial charge in [0.2, 0.25) is 0 Å². The number of nitrogens with one attached hydrogen (secondary N) is 1. The van der Waals surface area contributed by atoms with Crippen LogP contribution < -0.4 is 5.32 Å². The molecule has 0 saturated carbocycles. The van der Waals surface area contributed by atoms with Gasteiger partial charge in [0, 0.05) is 30.5 Å². The van der Waals surface area contributed by atoms with E-state index in [-0.39, 0.29) is 17.9 Å². The van der Waals surface area contributed by atoms with Gasteiger partial charge < -0.3 is 5.32 Å². The summed E-state index contributed by atoms with van der Waals surface area (Å²) in [6, 6.07) is 8.57. The summed E-state index contributed by atoms with van der Waals surface area (Å²) in [5.74, 6) is -0.296. The molecular weight excluding hydrogens is 255 g/mol. The molecule has 0 bridgehead atoms. The summed E-state index contributed by atoms with van der Waals surface area (Å²) in [7, 11) is 0. The lowest BCUT2D eigenvalue weighted by molar-refractivity contribution is 0.363. The van der Waals surface area contributed by atoms with Crippen LogP contribution in [0.15, 0.2) is 36.7 Å². The van der Waals surface area contributed by atoms with E-state index in [9.17, 15) is 4.39 Å². The Bertz CT molecular complexity index is 601. The molecule has 1 heterocycles. The van der Waals surface area contributed by atoms with E-state index in [2.05, 4.69) is 10.4 Å². The van der Waals surface area contributed by atoms with E-state index >= 15 is 0 Å². The van der Waals surface area contributed by atoms with Gasteiger partial charge in [-0.3, -0.25) is 4.68 Å². The van der Waals surface area contributed by atoms with Crippen molar-refractivity contribution >= 4 is 0 Å². The highest BCUT2D eigenvalue weighted by Crippen LogP contribution is 2.13. The Balaban J connectivity index is 2.00. The third-order valence-electron chi connectivity index (χ3n) is 3.46. The topological polar surface area (TPSA) is 53.6 Å². The maximum atomic E-state index is 13.7. The summed E-state index contributed by atoms with van der Waals surface area (Å²) in [6.07, 6.45) is 3.64. The van der Waals surface area contributed by atoms with Crippen LogP contribution in [0.25, 0.3) is 0 Å². The Morgan fingerprint density at radius 3 is 2.90 bits per heavy atom. The van der Waals surface area contributed by atoms with Gasteiger partial charge in [-0.2, -0.15) is 10.4 Å². The highest BCUT2D eigenvalue weighted by Gasteiger charge is 2.14. The monoisotopic (exact) mass is 272 g/mol. The molecule has 0 spiro atoms. The smallest absolute Gasteiger partial charge is 0.127 e. The molecule has 1 aromatic heterocycles. The molecule has 0 amide bonds. The quantitative estimate of drug-likeness (QED) is 0.910. The van der Waals surface area contributed by atoms with Crippen molar-refractivity contribution in [2.75, 3.05) is 0 Å². The van der Waals surface area contributed by atoms with Crippen molar-refractivity contribution in [3.63, 3.8) is 0 Å². The summed E-state index contributed by atoms with van der Waals surface area (Å²) >= 11 is 0. The van der Waals surface area contributed by atoms with E-state index in [1.54, 1.807) is 12.3 Å². The van der Waals surface area contributed by atoms with Crippen LogP contribution in [0, 0.1) is 17.1 Å². The summed E-state index contributed by atoms with van der Waals surface area (Å²) in [5.41, 5.74) is 0.972. The largest absolute Gasteiger partial charge is 0.308 e. The zero-order valence-electron chi connectivity index (χ0n) is 11.5. The third kappa shape index (κ3) is 3.22. The lowest BCUT2D eigenvalue weighted by atomic mass is 10.1. The molecule has 1 N–H and O–H groups in total. The van der Waals surface area contributed by atoms with Gasteiger partial charge in [-0.25, -0.2) is 4.39 Å². The Labute approximate surface area is 117 Å². The molecule has 0 aliphatic carbocycles. The molecule has 0 unspecified atom stereocenters. The number of hydrogen-bond donors (Lipinski definition) is 1. The third-order valence-corrected chi connectivity index (χ3v) is 3.46. The van der Waals surface area contributed by atoms with E-state index in [4.69, 9.17) is 5.26 Å². The van der Waals surface area contributed by atoms with E-state index < -0.39 is 0 Å². The van der Waals surface area contributed by atoms with E-state index in [0.29, 0.717) is 17.7 Å². The van der Waals surface area contributed by atoms with Crippen molar-refractivity contribution < 1.29 is 4.39 Å². The minimum absolute atomic E-state index is 0.125. The summed E-state index contributed by atoms with van der Waals surface area (Å²) in [4.78, 5) is 0. The Morgan fingerprint density at radius 1 is 1.45 bits per heavy atom. The van der Waals surface area contributed by atoms with Gasteiger partial charge in [-0.1, -0.05) is 0 Å². The van der Waals surface area contributed by atoms with E-state index in [0.717, 1.165) is 0 Å². The molecule has 104 valence electrons. The van der Waals surface area contributed by atoms with E-state index in [1.807, 2.05) is 36.9 Å². The van der Waals surface area contributed by atoms with Gasteiger partial charge in [0.25, 0.3) is 0 Å². The maximum Gasteiger partial charge on any atom is 0.127 e. The molecule has 4 nitrogen and oxygen atoms in total. The number of nitriles is 1. The molecule has 0 aliphatic rings. The predicted octanol–water partition coefficient (Wildman–Crippen LogP) is 2.63. The molecule has 2 aromatic rings. The van der Waals surface area contributed by atoms with Gasteiger partial charge in [0.15, 0.2) is 0 Å². The van der Waals surface area contributed by atoms with Crippen molar-refractivity contribution in [3.05, 3.63) is 53.6 Å². The molecule has 1 aromatic carbocycles. The van der Waals surface area contributed by atoms with Crippen LogP contribution in [0.3, 0.4) is 0 Å². The second-order valence-corrected chi connectivity index (χ2v) is 4.81. The Hall–Kier alpha value is -2.19. The Morgan fingerprint density at radius 2 is 2.25 bits per heavy atom. The highest BCUT2D eigenvalue weighted by molar-refractivity contribution is 5.33. The fourth-order valence-corrected chi connectivity index (χ4v) is 1.97. The number of halogens is 1. The molecular formula is C15H17FN4. The predicted molar refractivity (Wildman–Crippen MR) is 74.4 cm³/mol. The van der Waals surface area contributed by atoms with Crippen LogP contribution in [0.5, 0.6) is 0 Å². The molecule has 2 rings (SSSR count). The molecule has 0 aliphatic heterocycles. The SMILES string of the molecule is C[C@@H](NCc1cc(C#N)ccc1F)[C@H](C)n1cccn1. The first-order valence-electron chi connectivity index (χ1n) is 6.53. The fourth-order valence-electron chi connectivity index (χ4n) is 1.97.